The Balaban J connectivity index is 1.28. The van der Waals surface area contributed by atoms with Crippen LogP contribution in [-0.4, -0.2) is 67.2 Å². The van der Waals surface area contributed by atoms with E-state index >= 15 is 0 Å². The van der Waals surface area contributed by atoms with Gasteiger partial charge in [-0.1, -0.05) is 0 Å². The number of fused-ring (bicyclic) bond motifs is 1. The molecule has 3 aliphatic heterocycles. The summed E-state index contributed by atoms with van der Waals surface area (Å²) < 4.78 is 61.6. The van der Waals surface area contributed by atoms with E-state index in [9.17, 15) is 17.2 Å². The monoisotopic (exact) mass is 455 g/mol. The third kappa shape index (κ3) is 4.15. The zero-order chi connectivity index (χ0) is 21.8. The van der Waals surface area contributed by atoms with Crippen LogP contribution in [0.1, 0.15) is 50.2 Å². The second-order valence-electron chi connectivity index (χ2n) is 9.58. The highest BCUT2D eigenvalue weighted by atomic mass is 32.2. The number of hydrogen-bond acceptors (Lipinski definition) is 5. The second-order valence-corrected chi connectivity index (χ2v) is 11.7. The maximum Gasteiger partial charge on any atom is 0.217 e. The minimum Gasteiger partial charge on any atom is -0.370 e. The van der Waals surface area contributed by atoms with Gasteiger partial charge in [0, 0.05) is 36.8 Å². The molecule has 3 saturated heterocycles. The molecule has 4 fully saturated rings. The molecule has 5 atom stereocenters. The third-order valence-electron chi connectivity index (χ3n) is 7.53. The highest BCUT2D eigenvalue weighted by molar-refractivity contribution is 7.90. The molecule has 31 heavy (non-hydrogen) atoms. The van der Waals surface area contributed by atoms with Gasteiger partial charge in [0.25, 0.3) is 0 Å². The van der Waals surface area contributed by atoms with Crippen LogP contribution >= 0.6 is 0 Å². The first-order chi connectivity index (χ1) is 14.8. The van der Waals surface area contributed by atoms with Crippen molar-refractivity contribution in [2.24, 2.45) is 11.7 Å². The minimum absolute atomic E-state index is 0.0164. The Hall–Kier alpha value is -1.13. The molecular formula is C22H31F2N3O3S. The van der Waals surface area contributed by atoms with E-state index < -0.39 is 33.8 Å². The molecule has 3 heterocycles. The molecule has 172 valence electrons. The summed E-state index contributed by atoms with van der Waals surface area (Å²) in [6.07, 6.45) is 4.47. The van der Waals surface area contributed by atoms with Crippen molar-refractivity contribution >= 4 is 10.0 Å². The molecule has 5 rings (SSSR count). The Morgan fingerprint density at radius 1 is 1.10 bits per heavy atom. The Bertz CT molecular complexity index is 927. The van der Waals surface area contributed by atoms with Crippen LogP contribution in [0.25, 0.3) is 0 Å². The molecule has 0 bridgehead atoms. The average Bonchev–Trinajstić information content (AvgIpc) is 3.61. The van der Waals surface area contributed by atoms with E-state index in [1.54, 1.807) is 4.31 Å². The van der Waals surface area contributed by atoms with Gasteiger partial charge in [0.2, 0.25) is 10.0 Å². The molecule has 9 heteroatoms. The van der Waals surface area contributed by atoms with E-state index in [-0.39, 0.29) is 22.9 Å². The Morgan fingerprint density at radius 2 is 1.90 bits per heavy atom. The fourth-order valence-electron chi connectivity index (χ4n) is 5.70. The van der Waals surface area contributed by atoms with Gasteiger partial charge in [0.05, 0.1) is 11.9 Å². The van der Waals surface area contributed by atoms with Gasteiger partial charge in [-0.15, -0.1) is 0 Å². The van der Waals surface area contributed by atoms with Gasteiger partial charge in [-0.25, -0.2) is 17.2 Å². The van der Waals surface area contributed by atoms with Gasteiger partial charge < -0.3 is 10.5 Å². The van der Waals surface area contributed by atoms with E-state index in [1.165, 1.54) is 0 Å². The van der Waals surface area contributed by atoms with Crippen molar-refractivity contribution in [1.29, 1.82) is 0 Å². The molecule has 4 aliphatic rings. The fourth-order valence-corrected chi connectivity index (χ4v) is 7.81. The number of sulfonamides is 1. The molecule has 0 spiro atoms. The molecule has 1 aromatic rings. The van der Waals surface area contributed by atoms with Crippen molar-refractivity contribution in [2.75, 3.05) is 26.2 Å². The summed E-state index contributed by atoms with van der Waals surface area (Å²) in [5.41, 5.74) is 6.52. The van der Waals surface area contributed by atoms with E-state index in [1.807, 2.05) is 0 Å². The summed E-state index contributed by atoms with van der Waals surface area (Å²) in [4.78, 5) is 2.31. The van der Waals surface area contributed by atoms with Crippen LogP contribution in [0.4, 0.5) is 8.78 Å². The molecular weight excluding hydrogens is 424 g/mol. The molecule has 1 aromatic carbocycles. The number of nitrogens with zero attached hydrogens (tertiary/aromatic N) is 2. The average molecular weight is 456 g/mol. The molecule has 2 N–H and O–H groups in total. The lowest BCUT2D eigenvalue weighted by molar-refractivity contribution is -0.0674. The van der Waals surface area contributed by atoms with E-state index in [0.717, 1.165) is 56.8 Å². The first-order valence-corrected chi connectivity index (χ1v) is 12.9. The summed E-state index contributed by atoms with van der Waals surface area (Å²) in [6.45, 7) is 2.57. The lowest BCUT2D eigenvalue weighted by Gasteiger charge is -2.50. The maximum absolute atomic E-state index is 14.2. The zero-order valence-corrected chi connectivity index (χ0v) is 18.4. The number of piperidine rings is 2. The maximum atomic E-state index is 14.2. The molecule has 1 saturated carbocycles. The van der Waals surface area contributed by atoms with Crippen molar-refractivity contribution in [3.05, 3.63) is 35.4 Å². The van der Waals surface area contributed by atoms with E-state index in [2.05, 4.69) is 4.90 Å². The summed E-state index contributed by atoms with van der Waals surface area (Å²) >= 11 is 0. The Kier molecular flexibility index (Phi) is 5.83. The topological polar surface area (TPSA) is 75.9 Å². The van der Waals surface area contributed by atoms with Crippen molar-refractivity contribution in [3.8, 4) is 0 Å². The SMILES string of the molecule is NC1CC(N2CCC3CCCN(S(=O)(=O)C4CC4)C3C2)COC1c1cc(F)ccc1F. The van der Waals surface area contributed by atoms with Crippen molar-refractivity contribution in [2.45, 2.75) is 68.0 Å². The zero-order valence-electron chi connectivity index (χ0n) is 17.6. The first-order valence-electron chi connectivity index (χ1n) is 11.4. The van der Waals surface area contributed by atoms with Crippen molar-refractivity contribution in [1.82, 2.24) is 9.21 Å². The summed E-state index contributed by atoms with van der Waals surface area (Å²) in [7, 11) is -3.20. The van der Waals surface area contributed by atoms with Gasteiger partial charge in [0.15, 0.2) is 0 Å². The molecule has 0 amide bonds. The minimum atomic E-state index is -3.20. The van der Waals surface area contributed by atoms with Gasteiger partial charge in [-0.05, 0) is 69.2 Å². The quantitative estimate of drug-likeness (QED) is 0.755. The summed E-state index contributed by atoms with van der Waals surface area (Å²) in [6, 6.07) is 2.97. The van der Waals surface area contributed by atoms with Crippen molar-refractivity contribution in [3.63, 3.8) is 0 Å². The molecule has 0 radical (unpaired) electrons. The molecule has 6 nitrogen and oxygen atoms in total. The molecule has 1 aliphatic carbocycles. The lowest BCUT2D eigenvalue weighted by atomic mass is 9.83. The van der Waals surface area contributed by atoms with Gasteiger partial charge >= 0.3 is 0 Å². The number of benzene rings is 1. The Labute approximate surface area is 182 Å². The second kappa shape index (κ2) is 8.33. The molecule has 0 aromatic heterocycles. The largest absolute Gasteiger partial charge is 0.370 e. The first kappa shape index (κ1) is 21.7. The van der Waals surface area contributed by atoms with Gasteiger partial charge in [0.1, 0.15) is 17.7 Å². The highest BCUT2D eigenvalue weighted by Gasteiger charge is 2.48. The van der Waals surface area contributed by atoms with E-state index in [0.29, 0.717) is 32.0 Å². The van der Waals surface area contributed by atoms with Crippen LogP contribution in [0.5, 0.6) is 0 Å². The van der Waals surface area contributed by atoms with E-state index in [4.69, 9.17) is 10.5 Å². The molecule has 5 unspecified atom stereocenters. The number of ether oxygens (including phenoxy) is 1. The van der Waals surface area contributed by atoms with Crippen LogP contribution in [0, 0.1) is 17.6 Å². The predicted octanol–water partition coefficient (Wildman–Crippen LogP) is 2.40. The van der Waals surface area contributed by atoms with Gasteiger partial charge in [-0.2, -0.15) is 4.31 Å². The van der Waals surface area contributed by atoms with Crippen LogP contribution < -0.4 is 5.73 Å². The summed E-state index contributed by atoms with van der Waals surface area (Å²) in [5, 5.41) is -0.185. The third-order valence-corrected chi connectivity index (χ3v) is 9.95. The van der Waals surface area contributed by atoms with Crippen LogP contribution in [0.15, 0.2) is 18.2 Å². The van der Waals surface area contributed by atoms with Crippen LogP contribution in [-0.2, 0) is 14.8 Å². The highest BCUT2D eigenvalue weighted by Crippen LogP contribution is 2.40. The van der Waals surface area contributed by atoms with Gasteiger partial charge in [-0.3, -0.25) is 4.90 Å². The fraction of sp³-hybridized carbons (Fsp3) is 0.727. The lowest BCUT2D eigenvalue weighted by Crippen LogP contribution is -2.61. The normalized spacial score (nSPS) is 35.6. The smallest absolute Gasteiger partial charge is 0.217 e. The Morgan fingerprint density at radius 3 is 2.65 bits per heavy atom. The van der Waals surface area contributed by atoms with Crippen LogP contribution in [0.2, 0.25) is 0 Å². The summed E-state index contributed by atoms with van der Waals surface area (Å²) in [5.74, 6) is -0.610. The number of rotatable bonds is 4. The number of halogens is 2. The standard InChI is InChI=1S/C22H31F2N3O3S/c23-15-3-6-19(24)18(10-15)22-20(25)11-16(13-30-22)26-9-7-14-2-1-8-27(21(14)12-26)31(28,29)17-4-5-17/h3,6,10,14,16-17,20-22H,1-2,4-5,7-9,11-13,25H2. The van der Waals surface area contributed by atoms with Crippen molar-refractivity contribution < 1.29 is 21.9 Å². The predicted molar refractivity (Wildman–Crippen MR) is 113 cm³/mol. The van der Waals surface area contributed by atoms with Crippen LogP contribution in [0.3, 0.4) is 0 Å². The number of hydrogen-bond donors (Lipinski definition) is 1. The number of nitrogens with two attached hydrogens (primary N) is 1. The number of likely N-dealkylation sites (tertiary alicyclic amines) is 1.